The number of ether oxygens (including phenoxy) is 2. The molecule has 6 heteroatoms. The van der Waals surface area contributed by atoms with E-state index in [-0.39, 0.29) is 11.9 Å². The molecular formula is C30H33N3O3. The molecule has 0 bridgehead atoms. The normalized spacial score (nSPS) is 14.3. The molecule has 1 saturated carbocycles. The number of hydrogen-bond donors (Lipinski definition) is 2. The van der Waals surface area contributed by atoms with Crippen LogP contribution in [0.3, 0.4) is 0 Å². The molecule has 3 N–H and O–H groups in total. The summed E-state index contributed by atoms with van der Waals surface area (Å²) in [4.78, 5) is 13.0. The second-order valence-electron chi connectivity index (χ2n) is 9.37. The molecule has 1 fully saturated rings. The second-order valence-corrected chi connectivity index (χ2v) is 9.37. The van der Waals surface area contributed by atoms with Crippen molar-refractivity contribution >= 4 is 22.5 Å². The summed E-state index contributed by atoms with van der Waals surface area (Å²) in [5, 5.41) is 4.12. The summed E-state index contributed by atoms with van der Waals surface area (Å²) in [6.45, 7) is 4.59. The van der Waals surface area contributed by atoms with E-state index >= 15 is 0 Å². The molecule has 6 nitrogen and oxygen atoms in total. The molecule has 0 spiro atoms. The van der Waals surface area contributed by atoms with Crippen LogP contribution in [0.4, 0.5) is 5.69 Å². The highest BCUT2D eigenvalue weighted by atomic mass is 16.5. The minimum absolute atomic E-state index is 0.112. The number of aromatic nitrogens is 1. The molecule has 1 heterocycles. The zero-order chi connectivity index (χ0) is 25.2. The lowest BCUT2D eigenvalue weighted by Gasteiger charge is -2.30. The van der Waals surface area contributed by atoms with E-state index in [1.165, 1.54) is 6.42 Å². The van der Waals surface area contributed by atoms with Gasteiger partial charge in [-0.1, -0.05) is 24.3 Å². The molecule has 1 amide bonds. The minimum Gasteiger partial charge on any atom is -0.497 e. The average Bonchev–Trinajstić information content (AvgIpc) is 3.14. The summed E-state index contributed by atoms with van der Waals surface area (Å²) < 4.78 is 13.4. The van der Waals surface area contributed by atoms with Gasteiger partial charge in [0.25, 0.3) is 5.91 Å². The van der Waals surface area contributed by atoms with Gasteiger partial charge in [0.2, 0.25) is 0 Å². The van der Waals surface area contributed by atoms with Crippen molar-refractivity contribution in [3.8, 4) is 22.8 Å². The molecule has 5 rings (SSSR count). The van der Waals surface area contributed by atoms with Crippen LogP contribution in [0.25, 0.3) is 22.2 Å². The number of methoxy groups -OCH3 is 1. The van der Waals surface area contributed by atoms with E-state index in [4.69, 9.17) is 15.2 Å². The highest BCUT2D eigenvalue weighted by molar-refractivity contribution is 6.02. The maximum absolute atomic E-state index is 13.0. The molecule has 3 aromatic carbocycles. The molecular weight excluding hydrogens is 450 g/mol. The zero-order valence-corrected chi connectivity index (χ0v) is 21.1. The number of rotatable bonds is 8. The summed E-state index contributed by atoms with van der Waals surface area (Å²) in [6.07, 6.45) is 3.50. The Kier molecular flexibility index (Phi) is 6.59. The van der Waals surface area contributed by atoms with Gasteiger partial charge < -0.3 is 25.1 Å². The largest absolute Gasteiger partial charge is 0.497 e. The maximum Gasteiger partial charge on any atom is 0.251 e. The van der Waals surface area contributed by atoms with E-state index in [1.807, 2.05) is 68.4 Å². The molecule has 0 radical (unpaired) electrons. The van der Waals surface area contributed by atoms with E-state index in [0.717, 1.165) is 57.8 Å². The van der Waals surface area contributed by atoms with Gasteiger partial charge in [-0.3, -0.25) is 4.79 Å². The Bertz CT molecular complexity index is 1370. The van der Waals surface area contributed by atoms with Gasteiger partial charge in [0.15, 0.2) is 0 Å². The third kappa shape index (κ3) is 4.39. The summed E-state index contributed by atoms with van der Waals surface area (Å²) in [5.74, 6) is 1.53. The predicted octanol–water partition coefficient (Wildman–Crippen LogP) is 6.51. The van der Waals surface area contributed by atoms with Gasteiger partial charge in [0.1, 0.15) is 11.5 Å². The maximum atomic E-state index is 13.0. The quantitative estimate of drug-likeness (QED) is 0.299. The van der Waals surface area contributed by atoms with Crippen molar-refractivity contribution in [3.05, 3.63) is 77.9 Å². The first-order valence-electron chi connectivity index (χ1n) is 12.6. The predicted molar refractivity (Wildman–Crippen MR) is 145 cm³/mol. The van der Waals surface area contributed by atoms with Crippen LogP contribution in [0, 0.1) is 0 Å². The lowest BCUT2D eigenvalue weighted by atomic mass is 9.92. The first-order valence-corrected chi connectivity index (χ1v) is 12.6. The first kappa shape index (κ1) is 23.8. The highest BCUT2D eigenvalue weighted by Crippen LogP contribution is 2.44. The summed E-state index contributed by atoms with van der Waals surface area (Å²) in [5.41, 5.74) is 12.2. The molecule has 0 aliphatic heterocycles. The van der Waals surface area contributed by atoms with Crippen molar-refractivity contribution in [2.24, 2.45) is 0 Å². The van der Waals surface area contributed by atoms with Crippen molar-refractivity contribution in [3.63, 3.8) is 0 Å². The Labute approximate surface area is 212 Å². The van der Waals surface area contributed by atoms with Gasteiger partial charge in [-0.05, 0) is 75.1 Å². The Balaban J connectivity index is 1.42. The van der Waals surface area contributed by atoms with Crippen molar-refractivity contribution in [1.82, 2.24) is 9.88 Å². The van der Waals surface area contributed by atoms with Crippen LogP contribution in [-0.2, 0) is 0 Å². The standard InChI is InChI=1S/C30H33N3O3/c1-4-36-25-16-17-26-27(18-25)33(23-6-5-7-23)29(28(26)31)21-8-10-22(11-9-21)30(34)32-19(2)20-12-14-24(35-3)15-13-20/h8-19,23H,4-7,31H2,1-3H3,(H,32,34)/t19-/m1/s1. The van der Waals surface area contributed by atoms with Crippen LogP contribution < -0.4 is 20.5 Å². The topological polar surface area (TPSA) is 78.5 Å². The Morgan fingerprint density at radius 1 is 1.06 bits per heavy atom. The number of nitrogen functional groups attached to an aromatic ring is 1. The summed E-state index contributed by atoms with van der Waals surface area (Å²) in [7, 11) is 1.64. The number of benzene rings is 3. The number of amides is 1. The first-order chi connectivity index (χ1) is 17.5. The molecule has 1 atom stereocenters. The van der Waals surface area contributed by atoms with Gasteiger partial charge in [-0.2, -0.15) is 0 Å². The van der Waals surface area contributed by atoms with Gasteiger partial charge in [0, 0.05) is 28.6 Å². The molecule has 186 valence electrons. The number of nitrogens with one attached hydrogen (secondary N) is 1. The Hall–Kier alpha value is -3.93. The SMILES string of the molecule is CCOc1ccc2c(N)c(-c3ccc(C(=O)N[C@H](C)c4ccc(OC)cc4)cc3)n(C3CCC3)c2c1. The van der Waals surface area contributed by atoms with Crippen LogP contribution in [0.5, 0.6) is 11.5 Å². The van der Waals surface area contributed by atoms with Crippen LogP contribution in [0.2, 0.25) is 0 Å². The van der Waals surface area contributed by atoms with Crippen LogP contribution in [0.15, 0.2) is 66.7 Å². The fourth-order valence-corrected chi connectivity index (χ4v) is 4.93. The Morgan fingerprint density at radius 3 is 2.36 bits per heavy atom. The molecule has 36 heavy (non-hydrogen) atoms. The van der Waals surface area contributed by atoms with Crippen molar-refractivity contribution in [1.29, 1.82) is 0 Å². The van der Waals surface area contributed by atoms with E-state index in [0.29, 0.717) is 18.2 Å². The number of nitrogens with two attached hydrogens (primary N) is 1. The number of anilines is 1. The lowest BCUT2D eigenvalue weighted by Crippen LogP contribution is -2.26. The van der Waals surface area contributed by atoms with Crippen LogP contribution >= 0.6 is 0 Å². The van der Waals surface area contributed by atoms with Gasteiger partial charge >= 0.3 is 0 Å². The molecule has 0 unspecified atom stereocenters. The van der Waals surface area contributed by atoms with Gasteiger partial charge in [0.05, 0.1) is 36.7 Å². The van der Waals surface area contributed by atoms with Crippen LogP contribution in [0.1, 0.15) is 61.1 Å². The summed E-state index contributed by atoms with van der Waals surface area (Å²) >= 11 is 0. The van der Waals surface area contributed by atoms with Gasteiger partial charge in [-0.15, -0.1) is 0 Å². The fraction of sp³-hybridized carbons (Fsp3) is 0.300. The average molecular weight is 484 g/mol. The Morgan fingerprint density at radius 2 is 1.75 bits per heavy atom. The molecule has 1 aliphatic rings. The van der Waals surface area contributed by atoms with Gasteiger partial charge in [-0.25, -0.2) is 0 Å². The van der Waals surface area contributed by atoms with Crippen molar-refractivity contribution in [2.75, 3.05) is 19.5 Å². The number of fused-ring (bicyclic) bond motifs is 1. The number of carbonyl (C=O) groups excluding carboxylic acids is 1. The third-order valence-electron chi connectivity index (χ3n) is 7.15. The zero-order valence-electron chi connectivity index (χ0n) is 21.1. The van der Waals surface area contributed by atoms with E-state index in [2.05, 4.69) is 22.0 Å². The number of hydrogen-bond acceptors (Lipinski definition) is 4. The van der Waals surface area contributed by atoms with Crippen molar-refractivity contribution < 1.29 is 14.3 Å². The molecule has 1 aromatic heterocycles. The second kappa shape index (κ2) is 9.97. The fourth-order valence-electron chi connectivity index (χ4n) is 4.93. The summed E-state index contributed by atoms with van der Waals surface area (Å²) in [6, 6.07) is 21.9. The molecule has 1 aliphatic carbocycles. The smallest absolute Gasteiger partial charge is 0.251 e. The lowest BCUT2D eigenvalue weighted by molar-refractivity contribution is 0.0940. The molecule has 4 aromatic rings. The highest BCUT2D eigenvalue weighted by Gasteiger charge is 2.27. The third-order valence-corrected chi connectivity index (χ3v) is 7.15. The van der Waals surface area contributed by atoms with E-state index < -0.39 is 0 Å². The number of carbonyl (C=O) groups is 1. The molecule has 0 saturated heterocycles. The van der Waals surface area contributed by atoms with E-state index in [9.17, 15) is 4.79 Å². The number of nitrogens with zero attached hydrogens (tertiary/aromatic N) is 1. The van der Waals surface area contributed by atoms with Crippen LogP contribution in [-0.4, -0.2) is 24.2 Å². The van der Waals surface area contributed by atoms with E-state index in [1.54, 1.807) is 7.11 Å². The minimum atomic E-state index is -0.126. The monoisotopic (exact) mass is 483 g/mol. The van der Waals surface area contributed by atoms with Crippen molar-refractivity contribution in [2.45, 2.75) is 45.2 Å².